The van der Waals surface area contributed by atoms with Crippen LogP contribution in [0.1, 0.15) is 9.67 Å². The van der Waals surface area contributed by atoms with E-state index in [2.05, 4.69) is 4.98 Å². The second-order valence-corrected chi connectivity index (χ2v) is 5.67. The zero-order chi connectivity index (χ0) is 16.3. The van der Waals surface area contributed by atoms with E-state index >= 15 is 0 Å². The number of halogens is 3. The van der Waals surface area contributed by atoms with Gasteiger partial charge in [0.05, 0.1) is 12.7 Å². The Bertz CT molecular complexity index is 643. The minimum Gasteiger partial charge on any atom is -0.382 e. The van der Waals surface area contributed by atoms with E-state index in [0.717, 1.165) is 21.8 Å². The van der Waals surface area contributed by atoms with Crippen molar-refractivity contribution in [2.45, 2.75) is 12.3 Å². The highest BCUT2D eigenvalue weighted by Gasteiger charge is 2.39. The van der Waals surface area contributed by atoms with Crippen molar-refractivity contribution in [2.24, 2.45) is 0 Å². The number of carbonyl (C=O) groups excluding carboxylic acids is 1. The second-order valence-electron chi connectivity index (χ2n) is 4.64. The summed E-state index contributed by atoms with van der Waals surface area (Å²) in [5.74, 6) is -0.608. The van der Waals surface area contributed by atoms with Crippen LogP contribution in [-0.4, -0.2) is 46.8 Å². The number of rotatable bonds is 4. The molecule has 0 fully saturated rings. The smallest absolute Gasteiger partial charge is 0.382 e. The highest BCUT2D eigenvalue weighted by Crippen LogP contribution is 2.26. The van der Waals surface area contributed by atoms with Crippen LogP contribution in [0.5, 0.6) is 0 Å². The normalized spacial score (nSPS) is 13.0. The summed E-state index contributed by atoms with van der Waals surface area (Å²) in [6.45, 7) is -0.819. The maximum atomic E-state index is 12.3. The number of nitrogens with zero attached hydrogens (tertiary/aromatic N) is 2. The predicted molar refractivity (Wildman–Crippen MR) is 76.6 cm³/mol. The molecule has 0 saturated carbocycles. The molecule has 4 nitrogen and oxygen atoms in total. The number of carbonyl (C=O) groups is 1. The van der Waals surface area contributed by atoms with E-state index in [0.29, 0.717) is 5.01 Å². The lowest BCUT2D eigenvalue weighted by atomic mass is 10.2. The summed E-state index contributed by atoms with van der Waals surface area (Å²) in [6, 6.07) is 9.14. The fourth-order valence-corrected chi connectivity index (χ4v) is 2.64. The van der Waals surface area contributed by atoms with Crippen LogP contribution in [0.15, 0.2) is 36.5 Å². The third-order valence-electron chi connectivity index (χ3n) is 2.91. The SMILES string of the molecule is CN(CC(O)C(F)(F)F)C(=O)c1cnc(-c2ccccc2)s1. The molecule has 1 heterocycles. The summed E-state index contributed by atoms with van der Waals surface area (Å²) in [4.78, 5) is 17.2. The largest absolute Gasteiger partial charge is 0.416 e. The molecule has 1 aromatic heterocycles. The fourth-order valence-electron chi connectivity index (χ4n) is 1.72. The topological polar surface area (TPSA) is 53.4 Å². The van der Waals surface area contributed by atoms with Crippen LogP contribution in [0.4, 0.5) is 13.2 Å². The number of benzene rings is 1. The monoisotopic (exact) mass is 330 g/mol. The zero-order valence-corrected chi connectivity index (χ0v) is 12.4. The van der Waals surface area contributed by atoms with Crippen molar-refractivity contribution in [3.05, 3.63) is 41.4 Å². The number of amides is 1. The number of aromatic nitrogens is 1. The maximum Gasteiger partial charge on any atom is 0.416 e. The Kier molecular flexibility index (Phi) is 4.82. The first kappa shape index (κ1) is 16.4. The molecular formula is C14H13F3N2O2S. The Morgan fingerprint density at radius 1 is 1.36 bits per heavy atom. The summed E-state index contributed by atoms with van der Waals surface area (Å²) >= 11 is 1.09. The van der Waals surface area contributed by atoms with Crippen LogP contribution in [0.25, 0.3) is 10.6 Å². The minimum atomic E-state index is -4.75. The van der Waals surface area contributed by atoms with Crippen LogP contribution in [0.2, 0.25) is 0 Å². The van der Waals surface area contributed by atoms with E-state index in [1.165, 1.54) is 13.2 Å². The van der Waals surface area contributed by atoms with Gasteiger partial charge in [0.25, 0.3) is 5.91 Å². The molecule has 118 valence electrons. The van der Waals surface area contributed by atoms with Gasteiger partial charge in [-0.2, -0.15) is 13.2 Å². The van der Waals surface area contributed by atoms with Crippen molar-refractivity contribution in [3.8, 4) is 10.6 Å². The molecule has 0 saturated heterocycles. The number of alkyl halides is 3. The van der Waals surface area contributed by atoms with E-state index in [4.69, 9.17) is 5.11 Å². The van der Waals surface area contributed by atoms with Gasteiger partial charge in [-0.15, -0.1) is 11.3 Å². The number of hydrogen-bond donors (Lipinski definition) is 1. The van der Waals surface area contributed by atoms with Crippen molar-refractivity contribution in [1.29, 1.82) is 0 Å². The lowest BCUT2D eigenvalue weighted by Gasteiger charge is -2.21. The average Bonchev–Trinajstić information content (AvgIpc) is 2.96. The molecule has 0 spiro atoms. The molecule has 1 atom stereocenters. The Labute approximate surface area is 128 Å². The Balaban J connectivity index is 2.09. The number of aliphatic hydroxyl groups is 1. The van der Waals surface area contributed by atoms with Gasteiger partial charge in [0.1, 0.15) is 9.88 Å². The first-order valence-electron chi connectivity index (χ1n) is 6.30. The lowest BCUT2D eigenvalue weighted by molar-refractivity contribution is -0.205. The van der Waals surface area contributed by atoms with Gasteiger partial charge in [-0.3, -0.25) is 4.79 Å². The molecule has 1 N–H and O–H groups in total. The summed E-state index contributed by atoms with van der Waals surface area (Å²) in [7, 11) is 1.21. The van der Waals surface area contributed by atoms with Gasteiger partial charge in [0.15, 0.2) is 6.10 Å². The number of hydrogen-bond acceptors (Lipinski definition) is 4. The summed E-state index contributed by atoms with van der Waals surface area (Å²) in [5.41, 5.74) is 0.824. The Morgan fingerprint density at radius 3 is 2.59 bits per heavy atom. The van der Waals surface area contributed by atoms with E-state index in [-0.39, 0.29) is 4.88 Å². The van der Waals surface area contributed by atoms with Crippen LogP contribution in [0, 0.1) is 0 Å². The van der Waals surface area contributed by atoms with Crippen molar-refractivity contribution in [2.75, 3.05) is 13.6 Å². The molecule has 1 aromatic carbocycles. The quantitative estimate of drug-likeness (QED) is 0.938. The Morgan fingerprint density at radius 2 is 2.00 bits per heavy atom. The molecule has 2 aromatic rings. The summed E-state index contributed by atoms with van der Waals surface area (Å²) < 4.78 is 36.9. The predicted octanol–water partition coefficient (Wildman–Crippen LogP) is 2.81. The molecule has 1 amide bonds. The fraction of sp³-hybridized carbons (Fsp3) is 0.286. The van der Waals surface area contributed by atoms with Gasteiger partial charge in [0, 0.05) is 12.6 Å². The molecular weight excluding hydrogens is 317 g/mol. The third-order valence-corrected chi connectivity index (χ3v) is 3.94. The number of thiazole rings is 1. The molecule has 22 heavy (non-hydrogen) atoms. The summed E-state index contributed by atoms with van der Waals surface area (Å²) in [6.07, 6.45) is -5.99. The number of aliphatic hydroxyl groups excluding tert-OH is 1. The molecule has 0 aliphatic heterocycles. The highest BCUT2D eigenvalue weighted by atomic mass is 32.1. The van der Waals surface area contributed by atoms with E-state index in [9.17, 15) is 18.0 Å². The van der Waals surface area contributed by atoms with Gasteiger partial charge >= 0.3 is 6.18 Å². The summed E-state index contributed by atoms with van der Waals surface area (Å²) in [5, 5.41) is 9.61. The molecule has 0 radical (unpaired) electrons. The van der Waals surface area contributed by atoms with Crippen molar-refractivity contribution >= 4 is 17.2 Å². The van der Waals surface area contributed by atoms with E-state index in [1.807, 2.05) is 30.3 Å². The number of likely N-dealkylation sites (N-methyl/N-ethyl adjacent to an activating group) is 1. The first-order valence-corrected chi connectivity index (χ1v) is 7.12. The van der Waals surface area contributed by atoms with E-state index in [1.54, 1.807) is 0 Å². The maximum absolute atomic E-state index is 12.3. The van der Waals surface area contributed by atoms with Crippen LogP contribution < -0.4 is 0 Å². The van der Waals surface area contributed by atoms with Gasteiger partial charge in [-0.05, 0) is 0 Å². The van der Waals surface area contributed by atoms with Crippen molar-refractivity contribution in [3.63, 3.8) is 0 Å². The molecule has 2 rings (SSSR count). The van der Waals surface area contributed by atoms with Gasteiger partial charge < -0.3 is 10.0 Å². The average molecular weight is 330 g/mol. The Hall–Kier alpha value is -1.93. The van der Waals surface area contributed by atoms with Crippen LogP contribution >= 0.6 is 11.3 Å². The second kappa shape index (κ2) is 6.45. The van der Waals surface area contributed by atoms with Gasteiger partial charge in [-0.1, -0.05) is 30.3 Å². The van der Waals surface area contributed by atoms with Gasteiger partial charge in [0.2, 0.25) is 0 Å². The molecule has 0 aliphatic rings. The standard InChI is InChI=1S/C14H13F3N2O2S/c1-19(8-11(20)14(15,16)17)13(21)10-7-18-12(22-10)9-5-3-2-4-6-9/h2-7,11,20H,8H2,1H3. The van der Waals surface area contributed by atoms with Crippen molar-refractivity contribution in [1.82, 2.24) is 9.88 Å². The van der Waals surface area contributed by atoms with Crippen LogP contribution in [0.3, 0.4) is 0 Å². The zero-order valence-electron chi connectivity index (χ0n) is 11.5. The minimum absolute atomic E-state index is 0.218. The van der Waals surface area contributed by atoms with Gasteiger partial charge in [-0.25, -0.2) is 4.98 Å². The third kappa shape index (κ3) is 3.83. The highest BCUT2D eigenvalue weighted by molar-refractivity contribution is 7.16. The lowest BCUT2D eigenvalue weighted by Crippen LogP contribution is -2.41. The first-order chi connectivity index (χ1) is 10.3. The molecule has 8 heteroatoms. The van der Waals surface area contributed by atoms with Crippen molar-refractivity contribution < 1.29 is 23.1 Å². The molecule has 0 bridgehead atoms. The van der Waals surface area contributed by atoms with E-state index < -0.39 is 24.7 Å². The molecule has 0 aliphatic carbocycles. The molecule has 1 unspecified atom stereocenters. The van der Waals surface area contributed by atoms with Crippen LogP contribution in [-0.2, 0) is 0 Å².